The van der Waals surface area contributed by atoms with Gasteiger partial charge in [0, 0.05) is 17.5 Å². The number of carbonyl (C=O) groups is 2. The quantitative estimate of drug-likeness (QED) is 0.768. The SMILES string of the molecule is Cc1c2ccccc2nn1C1CCC(=O)NC1=O. The van der Waals surface area contributed by atoms with Crippen LogP contribution in [0.25, 0.3) is 10.9 Å². The summed E-state index contributed by atoms with van der Waals surface area (Å²) in [6.45, 7) is 1.94. The monoisotopic (exact) mass is 243 g/mol. The van der Waals surface area contributed by atoms with Crippen molar-refractivity contribution in [2.45, 2.75) is 25.8 Å². The first-order valence-corrected chi connectivity index (χ1v) is 5.94. The minimum absolute atomic E-state index is 0.203. The highest BCUT2D eigenvalue weighted by molar-refractivity contribution is 5.99. The van der Waals surface area contributed by atoms with E-state index in [1.807, 2.05) is 31.2 Å². The van der Waals surface area contributed by atoms with Crippen molar-refractivity contribution in [1.29, 1.82) is 0 Å². The molecule has 1 atom stereocenters. The summed E-state index contributed by atoms with van der Waals surface area (Å²) in [7, 11) is 0. The molecule has 1 aliphatic heterocycles. The van der Waals surface area contributed by atoms with Crippen LogP contribution in [0.1, 0.15) is 24.6 Å². The Balaban J connectivity index is 2.06. The van der Waals surface area contributed by atoms with Crippen LogP contribution in [0.2, 0.25) is 0 Å². The summed E-state index contributed by atoms with van der Waals surface area (Å²) in [5.74, 6) is -0.465. The molecule has 1 saturated heterocycles. The van der Waals surface area contributed by atoms with Crippen molar-refractivity contribution in [1.82, 2.24) is 15.1 Å². The first kappa shape index (κ1) is 11.0. The standard InChI is InChI=1S/C13H13N3O2/c1-8-9-4-2-3-5-10(9)15-16(8)11-6-7-12(17)14-13(11)18/h2-5,11H,6-7H2,1H3,(H,14,17,18). The van der Waals surface area contributed by atoms with Crippen LogP contribution in [-0.4, -0.2) is 21.6 Å². The summed E-state index contributed by atoms with van der Waals surface area (Å²) in [6, 6.07) is 7.40. The van der Waals surface area contributed by atoms with Crippen LogP contribution in [0.5, 0.6) is 0 Å². The highest BCUT2D eigenvalue weighted by Gasteiger charge is 2.29. The summed E-state index contributed by atoms with van der Waals surface area (Å²) in [4.78, 5) is 23.0. The minimum Gasteiger partial charge on any atom is -0.295 e. The fourth-order valence-electron chi connectivity index (χ4n) is 2.40. The number of fused-ring (bicyclic) bond motifs is 1. The number of nitrogens with zero attached hydrogens (tertiary/aromatic N) is 2. The van der Waals surface area contributed by atoms with Gasteiger partial charge in [0.05, 0.1) is 5.52 Å². The molecule has 0 bridgehead atoms. The Labute approximate surface area is 104 Å². The number of benzene rings is 1. The summed E-state index contributed by atoms with van der Waals surface area (Å²) < 4.78 is 1.73. The van der Waals surface area contributed by atoms with Gasteiger partial charge in [-0.25, -0.2) is 0 Å². The Hall–Kier alpha value is -2.17. The van der Waals surface area contributed by atoms with Crippen LogP contribution in [-0.2, 0) is 9.59 Å². The van der Waals surface area contributed by atoms with E-state index in [1.54, 1.807) is 4.68 Å². The van der Waals surface area contributed by atoms with E-state index < -0.39 is 0 Å². The fraction of sp³-hybridized carbons (Fsp3) is 0.308. The van der Waals surface area contributed by atoms with Crippen molar-refractivity contribution < 1.29 is 9.59 Å². The maximum absolute atomic E-state index is 11.8. The van der Waals surface area contributed by atoms with Crippen LogP contribution >= 0.6 is 0 Å². The Morgan fingerprint density at radius 3 is 2.83 bits per heavy atom. The lowest BCUT2D eigenvalue weighted by Crippen LogP contribution is -2.42. The number of rotatable bonds is 1. The van der Waals surface area contributed by atoms with Crippen LogP contribution in [0.15, 0.2) is 24.3 Å². The molecule has 5 heteroatoms. The largest absolute Gasteiger partial charge is 0.295 e. The lowest BCUT2D eigenvalue weighted by molar-refractivity contribution is -0.136. The number of aromatic nitrogens is 2. The zero-order valence-electron chi connectivity index (χ0n) is 10.0. The van der Waals surface area contributed by atoms with Crippen LogP contribution < -0.4 is 5.32 Å². The van der Waals surface area contributed by atoms with Crippen molar-refractivity contribution in [2.75, 3.05) is 0 Å². The van der Waals surface area contributed by atoms with Gasteiger partial charge in [0.15, 0.2) is 0 Å². The highest BCUT2D eigenvalue weighted by atomic mass is 16.2. The van der Waals surface area contributed by atoms with Gasteiger partial charge >= 0.3 is 0 Å². The maximum atomic E-state index is 11.8. The number of carbonyl (C=O) groups excluding carboxylic acids is 2. The van der Waals surface area contributed by atoms with Gasteiger partial charge < -0.3 is 0 Å². The van der Waals surface area contributed by atoms with Crippen molar-refractivity contribution in [3.63, 3.8) is 0 Å². The second kappa shape index (κ2) is 3.94. The molecule has 2 amide bonds. The van der Waals surface area contributed by atoms with E-state index in [4.69, 9.17) is 0 Å². The van der Waals surface area contributed by atoms with E-state index in [0.717, 1.165) is 16.6 Å². The normalized spacial score (nSPS) is 20.2. The van der Waals surface area contributed by atoms with Gasteiger partial charge in [0.25, 0.3) is 5.91 Å². The summed E-state index contributed by atoms with van der Waals surface area (Å²) in [6.07, 6.45) is 0.881. The number of hydrogen-bond acceptors (Lipinski definition) is 3. The second-order valence-electron chi connectivity index (χ2n) is 4.51. The van der Waals surface area contributed by atoms with Gasteiger partial charge in [-0.1, -0.05) is 18.2 Å². The number of amides is 2. The lowest BCUT2D eigenvalue weighted by atomic mass is 10.1. The maximum Gasteiger partial charge on any atom is 0.251 e. The number of nitrogens with one attached hydrogen (secondary N) is 1. The van der Waals surface area contributed by atoms with E-state index >= 15 is 0 Å². The van der Waals surface area contributed by atoms with Gasteiger partial charge in [-0.2, -0.15) is 5.10 Å². The molecule has 3 rings (SSSR count). The number of hydrogen-bond donors (Lipinski definition) is 1. The molecule has 0 radical (unpaired) electrons. The molecule has 2 aromatic rings. The molecule has 1 N–H and O–H groups in total. The van der Waals surface area contributed by atoms with Crippen molar-refractivity contribution >= 4 is 22.7 Å². The Kier molecular flexibility index (Phi) is 2.40. The van der Waals surface area contributed by atoms with Crippen LogP contribution in [0, 0.1) is 6.92 Å². The molecule has 0 saturated carbocycles. The molecule has 18 heavy (non-hydrogen) atoms. The summed E-state index contributed by atoms with van der Waals surface area (Å²) in [5.41, 5.74) is 1.83. The number of aryl methyl sites for hydroxylation is 1. The molecule has 5 nitrogen and oxygen atoms in total. The van der Waals surface area contributed by atoms with Crippen molar-refractivity contribution in [3.8, 4) is 0 Å². The first-order chi connectivity index (χ1) is 8.66. The lowest BCUT2D eigenvalue weighted by Gasteiger charge is -2.22. The molecule has 2 heterocycles. The van der Waals surface area contributed by atoms with E-state index in [-0.39, 0.29) is 17.9 Å². The first-order valence-electron chi connectivity index (χ1n) is 5.94. The topological polar surface area (TPSA) is 64.0 Å². The smallest absolute Gasteiger partial charge is 0.251 e. The van der Waals surface area contributed by atoms with Crippen molar-refractivity contribution in [2.24, 2.45) is 0 Å². The Morgan fingerprint density at radius 1 is 1.33 bits per heavy atom. The molecule has 1 aromatic carbocycles. The van der Waals surface area contributed by atoms with Crippen LogP contribution in [0.3, 0.4) is 0 Å². The molecule has 1 fully saturated rings. The van der Waals surface area contributed by atoms with E-state index in [2.05, 4.69) is 10.4 Å². The van der Waals surface area contributed by atoms with Crippen molar-refractivity contribution in [3.05, 3.63) is 30.0 Å². The molecule has 92 valence electrons. The van der Waals surface area contributed by atoms with E-state index in [1.165, 1.54) is 0 Å². The number of piperidine rings is 1. The molecular formula is C13H13N3O2. The predicted molar refractivity (Wildman–Crippen MR) is 65.9 cm³/mol. The molecule has 0 spiro atoms. The second-order valence-corrected chi connectivity index (χ2v) is 4.51. The summed E-state index contributed by atoms with van der Waals surface area (Å²) in [5, 5.41) is 7.86. The fourth-order valence-corrected chi connectivity index (χ4v) is 2.40. The van der Waals surface area contributed by atoms with E-state index in [9.17, 15) is 9.59 Å². The van der Waals surface area contributed by atoms with Gasteiger partial charge in [-0.3, -0.25) is 19.6 Å². The third-order valence-corrected chi connectivity index (χ3v) is 3.36. The van der Waals surface area contributed by atoms with Gasteiger partial charge in [-0.15, -0.1) is 0 Å². The predicted octanol–water partition coefficient (Wildman–Crippen LogP) is 1.32. The molecule has 1 aromatic heterocycles. The highest BCUT2D eigenvalue weighted by Crippen LogP contribution is 2.24. The third-order valence-electron chi connectivity index (χ3n) is 3.36. The average Bonchev–Trinajstić information content (AvgIpc) is 2.68. The van der Waals surface area contributed by atoms with Gasteiger partial charge in [-0.05, 0) is 19.4 Å². The molecule has 1 aliphatic rings. The molecule has 0 aliphatic carbocycles. The third kappa shape index (κ3) is 1.59. The average molecular weight is 243 g/mol. The summed E-state index contributed by atoms with van der Waals surface area (Å²) >= 11 is 0. The zero-order chi connectivity index (χ0) is 12.7. The minimum atomic E-state index is -0.380. The Morgan fingerprint density at radius 2 is 2.11 bits per heavy atom. The van der Waals surface area contributed by atoms with E-state index in [0.29, 0.717) is 12.8 Å². The van der Waals surface area contributed by atoms with Gasteiger partial charge in [0.1, 0.15) is 6.04 Å². The number of imide groups is 1. The van der Waals surface area contributed by atoms with Crippen LogP contribution in [0.4, 0.5) is 0 Å². The zero-order valence-corrected chi connectivity index (χ0v) is 10.0. The molecule has 1 unspecified atom stereocenters. The Bertz CT molecular complexity index is 645. The van der Waals surface area contributed by atoms with Gasteiger partial charge in [0.2, 0.25) is 5.91 Å². The molecular weight excluding hydrogens is 230 g/mol.